The lowest BCUT2D eigenvalue weighted by Gasteiger charge is -2.30. The predicted molar refractivity (Wildman–Crippen MR) is 308 cm³/mol. The van der Waals surface area contributed by atoms with Gasteiger partial charge < -0.3 is 14.4 Å². The summed E-state index contributed by atoms with van der Waals surface area (Å²) in [5, 5.41) is 4.90. The number of aromatic nitrogens is 1. The average molecular weight is 936 g/mol. The van der Waals surface area contributed by atoms with Crippen molar-refractivity contribution in [3.05, 3.63) is 271 Å². The number of hydrogen-bond donors (Lipinski definition) is 0. The van der Waals surface area contributed by atoms with Crippen molar-refractivity contribution >= 4 is 66.7 Å². The molecule has 2 aliphatic carbocycles. The summed E-state index contributed by atoms with van der Waals surface area (Å²) in [6.45, 7) is 9.48. The topological polar surface area (TPSA) is 11.4 Å². The first-order chi connectivity index (χ1) is 35.7. The summed E-state index contributed by atoms with van der Waals surface area (Å²) in [6, 6.07) is 92.0. The van der Waals surface area contributed by atoms with Crippen LogP contribution in [0.4, 0.5) is 34.1 Å². The molecule has 12 aromatic rings. The Bertz CT molecular complexity index is 4030. The standard InChI is InChI=1S/C70H53N3/c1-69(2)62-25-13-10-22-56(62)58-41-38-53(44-64(58)69)71(54-39-42-59-57-23-11-14-26-63(57)70(3,4)65(59)45-54)50-32-29-46(30-33-50)48-31-40-61-60-24-12-15-27-67(60)73(68(61)43-48)52-36-34-51(35-37-52)72(49-19-6-5-7-20-49)66-28-16-18-47-17-8-9-21-55(47)66/h5-45H,1-4H3. The lowest BCUT2D eigenvalue weighted by atomic mass is 9.82. The van der Waals surface area contributed by atoms with E-state index in [4.69, 9.17) is 0 Å². The zero-order chi connectivity index (χ0) is 49.0. The Kier molecular flexibility index (Phi) is 9.59. The minimum atomic E-state index is -0.123. The minimum Gasteiger partial charge on any atom is -0.310 e. The molecule has 3 heteroatoms. The highest BCUT2D eigenvalue weighted by atomic mass is 15.1. The highest BCUT2D eigenvalue weighted by molar-refractivity contribution is 6.10. The molecule has 0 saturated heterocycles. The number of anilines is 6. The van der Waals surface area contributed by atoms with Gasteiger partial charge in [0.05, 0.1) is 16.7 Å². The molecular weight excluding hydrogens is 883 g/mol. The lowest BCUT2D eigenvalue weighted by Crippen LogP contribution is -2.18. The molecule has 1 aromatic heterocycles. The molecule has 348 valence electrons. The maximum atomic E-state index is 2.46. The Morgan fingerprint density at radius 3 is 1.45 bits per heavy atom. The van der Waals surface area contributed by atoms with E-state index in [-0.39, 0.29) is 10.8 Å². The van der Waals surface area contributed by atoms with Crippen LogP contribution in [-0.2, 0) is 10.8 Å². The molecular formula is C70H53N3. The normalized spacial score (nSPS) is 13.7. The number of benzene rings is 11. The maximum Gasteiger partial charge on any atom is 0.0547 e. The molecule has 73 heavy (non-hydrogen) atoms. The van der Waals surface area contributed by atoms with E-state index in [0.717, 1.165) is 39.8 Å². The van der Waals surface area contributed by atoms with Gasteiger partial charge in [-0.2, -0.15) is 0 Å². The van der Waals surface area contributed by atoms with Gasteiger partial charge in [-0.1, -0.05) is 185 Å². The molecule has 0 atom stereocenters. The van der Waals surface area contributed by atoms with Crippen molar-refractivity contribution in [2.24, 2.45) is 0 Å². The van der Waals surface area contributed by atoms with Crippen LogP contribution in [0.5, 0.6) is 0 Å². The van der Waals surface area contributed by atoms with Crippen LogP contribution in [0.25, 0.3) is 71.6 Å². The fourth-order valence-electron chi connectivity index (χ4n) is 12.5. The monoisotopic (exact) mass is 935 g/mol. The smallest absolute Gasteiger partial charge is 0.0547 e. The summed E-state index contributed by atoms with van der Waals surface area (Å²) in [6.07, 6.45) is 0. The second kappa shape index (κ2) is 16.3. The molecule has 0 unspecified atom stereocenters. The van der Waals surface area contributed by atoms with Crippen molar-refractivity contribution < 1.29 is 0 Å². The predicted octanol–water partition coefficient (Wildman–Crippen LogP) is 19.2. The van der Waals surface area contributed by atoms with Crippen molar-refractivity contribution in [1.82, 2.24) is 4.57 Å². The van der Waals surface area contributed by atoms with E-state index in [1.165, 1.54) is 88.2 Å². The van der Waals surface area contributed by atoms with Gasteiger partial charge in [0.15, 0.2) is 0 Å². The van der Waals surface area contributed by atoms with Crippen molar-refractivity contribution in [3.63, 3.8) is 0 Å². The molecule has 3 nitrogen and oxygen atoms in total. The SMILES string of the molecule is CC1(C)c2ccccc2-c2ccc(N(c3ccc(-c4ccc5c6ccccc6n(-c6ccc(N(c7ccccc7)c7cccc8ccccc78)cc6)c5c4)cc3)c3ccc4c(c3)C(C)(C)c3ccccc3-4)cc21. The Morgan fingerprint density at radius 2 is 0.781 bits per heavy atom. The zero-order valence-corrected chi connectivity index (χ0v) is 41.5. The van der Waals surface area contributed by atoms with E-state index in [0.29, 0.717) is 0 Å². The van der Waals surface area contributed by atoms with Crippen LogP contribution >= 0.6 is 0 Å². The highest BCUT2D eigenvalue weighted by Gasteiger charge is 2.38. The number of fused-ring (bicyclic) bond motifs is 10. The van der Waals surface area contributed by atoms with Gasteiger partial charge in [-0.25, -0.2) is 0 Å². The quantitative estimate of drug-likeness (QED) is 0.150. The van der Waals surface area contributed by atoms with Gasteiger partial charge in [0.1, 0.15) is 0 Å². The zero-order valence-electron chi connectivity index (χ0n) is 41.5. The van der Waals surface area contributed by atoms with E-state index in [1.807, 2.05) is 0 Å². The Balaban J connectivity index is 0.864. The maximum absolute atomic E-state index is 2.46. The third-order valence-electron chi connectivity index (χ3n) is 16.2. The van der Waals surface area contributed by atoms with Gasteiger partial charge >= 0.3 is 0 Å². The molecule has 0 spiro atoms. The van der Waals surface area contributed by atoms with Gasteiger partial charge in [0.25, 0.3) is 0 Å². The van der Waals surface area contributed by atoms with E-state index >= 15 is 0 Å². The lowest BCUT2D eigenvalue weighted by molar-refractivity contribution is 0.660. The molecule has 2 aliphatic rings. The van der Waals surface area contributed by atoms with Crippen LogP contribution < -0.4 is 9.80 Å². The summed E-state index contributed by atoms with van der Waals surface area (Å²) >= 11 is 0. The Hall–Kier alpha value is -8.92. The molecule has 0 saturated carbocycles. The summed E-state index contributed by atoms with van der Waals surface area (Å²) in [4.78, 5) is 4.83. The average Bonchev–Trinajstić information content (AvgIpc) is 3.98. The van der Waals surface area contributed by atoms with Gasteiger partial charge in [0.2, 0.25) is 0 Å². The third kappa shape index (κ3) is 6.65. The molecule has 0 fully saturated rings. The van der Waals surface area contributed by atoms with Gasteiger partial charge in [-0.15, -0.1) is 0 Å². The molecule has 0 amide bonds. The molecule has 1 heterocycles. The second-order valence-corrected chi connectivity index (χ2v) is 21.0. The Labute approximate surface area is 427 Å². The molecule has 0 radical (unpaired) electrons. The fraction of sp³-hybridized carbons (Fsp3) is 0.0857. The van der Waals surface area contributed by atoms with Crippen LogP contribution in [0, 0.1) is 0 Å². The largest absolute Gasteiger partial charge is 0.310 e. The number of nitrogens with zero attached hydrogens (tertiary/aromatic N) is 3. The first-order valence-electron chi connectivity index (χ1n) is 25.6. The fourth-order valence-corrected chi connectivity index (χ4v) is 12.5. The third-order valence-corrected chi connectivity index (χ3v) is 16.2. The molecule has 14 rings (SSSR count). The summed E-state index contributed by atoms with van der Waals surface area (Å²) < 4.78 is 2.43. The van der Waals surface area contributed by atoms with Gasteiger partial charge in [0, 0.05) is 61.1 Å². The van der Waals surface area contributed by atoms with E-state index < -0.39 is 0 Å². The molecule has 0 N–H and O–H groups in total. The van der Waals surface area contributed by atoms with Crippen LogP contribution in [-0.4, -0.2) is 4.57 Å². The summed E-state index contributed by atoms with van der Waals surface area (Å²) in [5.74, 6) is 0. The van der Waals surface area contributed by atoms with Crippen LogP contribution in [0.2, 0.25) is 0 Å². The van der Waals surface area contributed by atoms with Gasteiger partial charge in [-0.05, 0) is 152 Å². The van der Waals surface area contributed by atoms with Crippen LogP contribution in [0.1, 0.15) is 49.9 Å². The van der Waals surface area contributed by atoms with Crippen molar-refractivity contribution in [2.75, 3.05) is 9.80 Å². The Morgan fingerprint density at radius 1 is 0.301 bits per heavy atom. The summed E-state index contributed by atoms with van der Waals surface area (Å²) in [7, 11) is 0. The van der Waals surface area contributed by atoms with Crippen molar-refractivity contribution in [3.8, 4) is 39.1 Å². The van der Waals surface area contributed by atoms with Gasteiger partial charge in [-0.3, -0.25) is 0 Å². The van der Waals surface area contributed by atoms with E-state index in [9.17, 15) is 0 Å². The first-order valence-corrected chi connectivity index (χ1v) is 25.6. The number of hydrogen-bond acceptors (Lipinski definition) is 2. The number of rotatable bonds is 8. The van der Waals surface area contributed by atoms with Crippen molar-refractivity contribution in [1.29, 1.82) is 0 Å². The number of para-hydroxylation sites is 2. The second-order valence-electron chi connectivity index (χ2n) is 21.0. The first kappa shape index (κ1) is 42.9. The highest BCUT2D eigenvalue weighted by Crippen LogP contribution is 2.53. The van der Waals surface area contributed by atoms with E-state index in [1.54, 1.807) is 0 Å². The van der Waals surface area contributed by atoms with Crippen LogP contribution in [0.15, 0.2) is 249 Å². The molecule has 0 aliphatic heterocycles. The minimum absolute atomic E-state index is 0.123. The summed E-state index contributed by atoms with van der Waals surface area (Å²) in [5.41, 5.74) is 23.2. The molecule has 11 aromatic carbocycles. The van der Waals surface area contributed by atoms with Crippen molar-refractivity contribution in [2.45, 2.75) is 38.5 Å². The molecule has 0 bridgehead atoms. The van der Waals surface area contributed by atoms with Crippen LogP contribution in [0.3, 0.4) is 0 Å². The van der Waals surface area contributed by atoms with E-state index in [2.05, 4.69) is 291 Å².